The SMILES string of the molecule is COc1cccc(S(=O)(=O)N2CCC3(CCN(C(=O)c4ccc5c(=O)n(C)c(SC)nc5c4)C3)CC2)c1. The van der Waals surface area contributed by atoms with Crippen molar-refractivity contribution in [2.45, 2.75) is 29.3 Å². The predicted molar refractivity (Wildman–Crippen MR) is 143 cm³/mol. The second kappa shape index (κ2) is 9.77. The topological polar surface area (TPSA) is 102 Å². The van der Waals surface area contributed by atoms with Crippen LogP contribution in [0.25, 0.3) is 10.9 Å². The van der Waals surface area contributed by atoms with Gasteiger partial charge in [0.05, 0.1) is 22.9 Å². The molecule has 0 atom stereocenters. The average molecular weight is 543 g/mol. The number of amides is 1. The minimum atomic E-state index is -3.61. The van der Waals surface area contributed by atoms with Crippen LogP contribution in [0.2, 0.25) is 0 Å². The number of likely N-dealkylation sites (tertiary alicyclic amines) is 1. The number of carbonyl (C=O) groups is 1. The fourth-order valence-corrected chi connectivity index (χ4v) is 7.40. The lowest BCUT2D eigenvalue weighted by Gasteiger charge is -2.38. The maximum Gasteiger partial charge on any atom is 0.261 e. The number of hydrogen-bond acceptors (Lipinski definition) is 7. The van der Waals surface area contributed by atoms with Crippen LogP contribution in [0.15, 0.2) is 57.3 Å². The molecular formula is C26H30N4O5S2. The number of thioether (sulfide) groups is 1. The van der Waals surface area contributed by atoms with E-state index in [2.05, 4.69) is 4.98 Å². The van der Waals surface area contributed by atoms with Crippen LogP contribution in [0.1, 0.15) is 29.6 Å². The van der Waals surface area contributed by atoms with E-state index < -0.39 is 10.0 Å². The molecule has 0 unspecified atom stereocenters. The lowest BCUT2D eigenvalue weighted by molar-refractivity contribution is 0.0750. The van der Waals surface area contributed by atoms with Crippen molar-refractivity contribution in [1.82, 2.24) is 18.8 Å². The summed E-state index contributed by atoms with van der Waals surface area (Å²) in [6, 6.07) is 11.6. The van der Waals surface area contributed by atoms with Crippen molar-refractivity contribution in [3.63, 3.8) is 0 Å². The number of ether oxygens (including phenoxy) is 1. The monoisotopic (exact) mass is 542 g/mol. The fourth-order valence-electron chi connectivity index (χ4n) is 5.38. The molecule has 0 radical (unpaired) electrons. The Morgan fingerprint density at radius 3 is 2.51 bits per heavy atom. The number of benzene rings is 2. The molecule has 2 fully saturated rings. The van der Waals surface area contributed by atoms with E-state index in [1.54, 1.807) is 49.5 Å². The van der Waals surface area contributed by atoms with E-state index in [1.807, 2.05) is 11.2 Å². The van der Waals surface area contributed by atoms with Crippen molar-refractivity contribution in [2.24, 2.45) is 12.5 Å². The zero-order valence-electron chi connectivity index (χ0n) is 21.1. The van der Waals surface area contributed by atoms with Gasteiger partial charge in [0.25, 0.3) is 11.5 Å². The van der Waals surface area contributed by atoms with E-state index in [0.29, 0.717) is 66.4 Å². The van der Waals surface area contributed by atoms with Gasteiger partial charge < -0.3 is 9.64 Å². The van der Waals surface area contributed by atoms with Crippen LogP contribution in [0.4, 0.5) is 0 Å². The van der Waals surface area contributed by atoms with Gasteiger partial charge in [-0.05, 0) is 61.3 Å². The molecule has 1 aromatic heterocycles. The lowest BCUT2D eigenvalue weighted by atomic mass is 9.78. The summed E-state index contributed by atoms with van der Waals surface area (Å²) in [6.45, 7) is 2.06. The number of sulfonamides is 1. The molecule has 0 aliphatic carbocycles. The summed E-state index contributed by atoms with van der Waals surface area (Å²) in [6.07, 6.45) is 4.10. The fraction of sp³-hybridized carbons (Fsp3) is 0.423. The van der Waals surface area contributed by atoms with Crippen molar-refractivity contribution in [3.8, 4) is 5.75 Å². The molecule has 1 amide bonds. The van der Waals surface area contributed by atoms with Crippen LogP contribution in [0.5, 0.6) is 5.75 Å². The molecule has 2 aliphatic heterocycles. The summed E-state index contributed by atoms with van der Waals surface area (Å²) < 4.78 is 34.6. The van der Waals surface area contributed by atoms with Crippen molar-refractivity contribution < 1.29 is 17.9 Å². The Morgan fingerprint density at radius 1 is 1.08 bits per heavy atom. The van der Waals surface area contributed by atoms with Gasteiger partial charge in [0.1, 0.15) is 5.75 Å². The molecule has 9 nitrogen and oxygen atoms in total. The molecule has 37 heavy (non-hydrogen) atoms. The third-order valence-corrected chi connectivity index (χ3v) is 10.3. The third kappa shape index (κ3) is 4.64. The van der Waals surface area contributed by atoms with Crippen LogP contribution in [0.3, 0.4) is 0 Å². The first kappa shape index (κ1) is 25.7. The van der Waals surface area contributed by atoms with Gasteiger partial charge in [0.2, 0.25) is 10.0 Å². The Labute approximate surface area is 220 Å². The van der Waals surface area contributed by atoms with Gasteiger partial charge in [0, 0.05) is 44.9 Å². The van der Waals surface area contributed by atoms with Gasteiger partial charge in [-0.15, -0.1) is 0 Å². The highest BCUT2D eigenvalue weighted by Crippen LogP contribution is 2.42. The first-order valence-corrected chi connectivity index (χ1v) is 14.8. The molecule has 0 N–H and O–H groups in total. The summed E-state index contributed by atoms with van der Waals surface area (Å²) in [5.41, 5.74) is 0.801. The quantitative estimate of drug-likeness (QED) is 0.361. The van der Waals surface area contributed by atoms with E-state index in [0.717, 1.165) is 6.42 Å². The standard InChI is InChI=1S/C26H30N4O5S2/c1-28-24(32)21-8-7-18(15-22(21)27-25(28)36-3)23(31)29-12-9-26(17-29)10-13-30(14-11-26)37(33,34)20-6-4-5-19(16-20)35-2/h4-8,15-16H,9-14,17H2,1-3H3. The van der Waals surface area contributed by atoms with Crippen LogP contribution < -0.4 is 10.3 Å². The number of hydrogen-bond donors (Lipinski definition) is 0. The van der Waals surface area contributed by atoms with Crippen LogP contribution in [0, 0.1) is 5.41 Å². The largest absolute Gasteiger partial charge is 0.497 e. The molecular weight excluding hydrogens is 512 g/mol. The zero-order chi connectivity index (χ0) is 26.4. The van der Waals surface area contributed by atoms with Gasteiger partial charge in [-0.1, -0.05) is 17.8 Å². The Balaban J connectivity index is 1.29. The van der Waals surface area contributed by atoms with E-state index in [-0.39, 0.29) is 21.8 Å². The summed E-state index contributed by atoms with van der Waals surface area (Å²) in [4.78, 5) is 32.7. The molecule has 11 heteroatoms. The van der Waals surface area contributed by atoms with Crippen LogP contribution in [-0.4, -0.2) is 72.6 Å². The van der Waals surface area contributed by atoms with Crippen molar-refractivity contribution in [2.75, 3.05) is 39.5 Å². The molecule has 2 saturated heterocycles. The molecule has 0 bridgehead atoms. The Bertz CT molecular complexity index is 1530. The van der Waals surface area contributed by atoms with Crippen molar-refractivity contribution >= 4 is 38.6 Å². The molecule has 5 rings (SSSR count). The summed E-state index contributed by atoms with van der Waals surface area (Å²) in [5, 5.41) is 1.08. The molecule has 3 aromatic rings. The maximum absolute atomic E-state index is 13.4. The zero-order valence-corrected chi connectivity index (χ0v) is 22.8. The molecule has 1 spiro atoms. The highest BCUT2D eigenvalue weighted by atomic mass is 32.2. The van der Waals surface area contributed by atoms with E-state index in [1.165, 1.54) is 27.7 Å². The first-order chi connectivity index (χ1) is 17.7. The van der Waals surface area contributed by atoms with E-state index >= 15 is 0 Å². The van der Waals surface area contributed by atoms with Crippen molar-refractivity contribution in [1.29, 1.82) is 0 Å². The number of rotatable bonds is 5. The summed E-state index contributed by atoms with van der Waals surface area (Å²) in [5.74, 6) is 0.423. The number of nitrogens with zero attached hydrogens (tertiary/aromatic N) is 4. The average Bonchev–Trinajstić information content (AvgIpc) is 3.33. The summed E-state index contributed by atoms with van der Waals surface area (Å²) >= 11 is 1.38. The molecule has 0 saturated carbocycles. The molecule has 2 aliphatic rings. The van der Waals surface area contributed by atoms with Crippen LogP contribution >= 0.6 is 11.8 Å². The number of carbonyl (C=O) groups excluding carboxylic acids is 1. The number of aromatic nitrogens is 2. The van der Waals surface area contributed by atoms with Gasteiger partial charge in [0.15, 0.2) is 5.16 Å². The summed E-state index contributed by atoms with van der Waals surface area (Å²) in [7, 11) is -0.405. The predicted octanol–water partition coefficient (Wildman–Crippen LogP) is 2.98. The smallest absolute Gasteiger partial charge is 0.261 e. The highest BCUT2D eigenvalue weighted by molar-refractivity contribution is 7.98. The van der Waals surface area contributed by atoms with Gasteiger partial charge in [-0.25, -0.2) is 13.4 Å². The van der Waals surface area contributed by atoms with E-state index in [4.69, 9.17) is 4.74 Å². The minimum absolute atomic E-state index is 0.0848. The Kier molecular flexibility index (Phi) is 6.80. The molecule has 196 valence electrons. The van der Waals surface area contributed by atoms with Gasteiger partial charge in [-0.3, -0.25) is 14.2 Å². The normalized spacial score (nSPS) is 18.0. The second-order valence-corrected chi connectivity index (χ2v) is 12.5. The number of piperidine rings is 1. The lowest BCUT2D eigenvalue weighted by Crippen LogP contribution is -2.44. The van der Waals surface area contributed by atoms with Crippen molar-refractivity contribution in [3.05, 3.63) is 58.4 Å². The Hall–Kier alpha value is -2.89. The van der Waals surface area contributed by atoms with E-state index in [9.17, 15) is 18.0 Å². The maximum atomic E-state index is 13.4. The van der Waals surface area contributed by atoms with Gasteiger partial charge in [-0.2, -0.15) is 4.31 Å². The number of methoxy groups -OCH3 is 1. The van der Waals surface area contributed by atoms with Crippen LogP contribution in [-0.2, 0) is 17.1 Å². The highest BCUT2D eigenvalue weighted by Gasteiger charge is 2.44. The first-order valence-electron chi connectivity index (χ1n) is 12.2. The van der Waals surface area contributed by atoms with Gasteiger partial charge >= 0.3 is 0 Å². The molecule has 3 heterocycles. The minimum Gasteiger partial charge on any atom is -0.497 e. The Morgan fingerprint density at radius 2 is 1.81 bits per heavy atom. The molecule has 2 aromatic carbocycles. The number of fused-ring (bicyclic) bond motifs is 1. The third-order valence-electron chi connectivity index (χ3n) is 7.65. The second-order valence-electron chi connectivity index (χ2n) is 9.75.